The van der Waals surface area contributed by atoms with Gasteiger partial charge in [0.25, 0.3) is 0 Å². The first-order valence-corrected chi connectivity index (χ1v) is 11.9. The quantitative estimate of drug-likeness (QED) is 0.547. The first-order valence-electron chi connectivity index (χ1n) is 7.40. The van der Waals surface area contributed by atoms with E-state index in [1.807, 2.05) is 36.2 Å². The number of amidine groups is 1. The number of nitrogens with zero attached hydrogens (tertiary/aromatic N) is 3. The van der Waals surface area contributed by atoms with Crippen molar-refractivity contribution in [3.63, 3.8) is 0 Å². The Balaban J connectivity index is 2.03. The van der Waals surface area contributed by atoms with Crippen LogP contribution < -0.4 is 0 Å². The van der Waals surface area contributed by atoms with Gasteiger partial charge in [-0.05, 0) is 18.2 Å². The van der Waals surface area contributed by atoms with Gasteiger partial charge in [-0.2, -0.15) is 5.10 Å². The molecule has 2 rings (SSSR count). The first-order chi connectivity index (χ1) is 10.3. The van der Waals surface area contributed by atoms with Crippen LogP contribution in [0, 0.1) is 0 Å². The monoisotopic (exact) mass is 381 g/mol. The molecule has 6 heteroatoms. The number of ether oxygens (including phenoxy) is 1. The van der Waals surface area contributed by atoms with Gasteiger partial charge in [0, 0.05) is 31.8 Å². The summed E-state index contributed by atoms with van der Waals surface area (Å²) < 4.78 is 6.93. The van der Waals surface area contributed by atoms with Crippen LogP contribution in [0.4, 0.5) is 0 Å². The molecule has 22 heavy (non-hydrogen) atoms. The average molecular weight is 382 g/mol. The Labute approximate surface area is 142 Å². The van der Waals surface area contributed by atoms with E-state index >= 15 is 0 Å². The number of hydrogen-bond acceptors (Lipinski definition) is 4. The molecule has 0 atom stereocenters. The van der Waals surface area contributed by atoms with Crippen LogP contribution in [0.2, 0.25) is 25.7 Å². The van der Waals surface area contributed by atoms with E-state index in [1.165, 1.54) is 0 Å². The van der Waals surface area contributed by atoms with Gasteiger partial charge < -0.3 is 4.74 Å². The lowest BCUT2D eigenvalue weighted by Gasteiger charge is -2.23. The van der Waals surface area contributed by atoms with Crippen LogP contribution in [0.15, 0.2) is 46.2 Å². The number of hydrazone groups is 1. The Morgan fingerprint density at radius 1 is 1.23 bits per heavy atom. The predicted octanol–water partition coefficient (Wildman–Crippen LogP) is 4.14. The van der Waals surface area contributed by atoms with E-state index in [-0.39, 0.29) is 0 Å². The molecule has 0 N–H and O–H groups in total. The van der Waals surface area contributed by atoms with Gasteiger partial charge in [-0.3, -0.25) is 9.91 Å². The summed E-state index contributed by atoms with van der Waals surface area (Å²) in [6, 6.07) is 9.29. The summed E-state index contributed by atoms with van der Waals surface area (Å²) in [7, 11) is 0.842. The molecule has 1 aliphatic heterocycles. The molecule has 1 aromatic rings. The molecule has 1 aromatic carbocycles. The van der Waals surface area contributed by atoms with Crippen molar-refractivity contribution in [1.82, 2.24) is 9.91 Å². The lowest BCUT2D eigenvalue weighted by atomic mass is 10.2. The molecule has 0 saturated heterocycles. The summed E-state index contributed by atoms with van der Waals surface area (Å²) >= 11 is 3.46. The smallest absolute Gasteiger partial charge is 0.163 e. The lowest BCUT2D eigenvalue weighted by molar-refractivity contribution is 0.0832. The van der Waals surface area contributed by atoms with E-state index in [0.717, 1.165) is 34.3 Å². The van der Waals surface area contributed by atoms with Crippen molar-refractivity contribution in [2.24, 2.45) is 5.10 Å². The average Bonchev–Trinajstić information content (AvgIpc) is 2.71. The zero-order chi connectivity index (χ0) is 16.3. The van der Waals surface area contributed by atoms with Gasteiger partial charge in [-0.1, -0.05) is 54.3 Å². The topological polar surface area (TPSA) is 28.1 Å². The zero-order valence-electron chi connectivity index (χ0n) is 13.8. The minimum absolute atomic E-state index is 0.489. The summed E-state index contributed by atoms with van der Waals surface area (Å²) in [6.45, 7) is 12.4. The molecule has 0 saturated carbocycles. The van der Waals surface area contributed by atoms with E-state index < -0.39 is 8.07 Å². The number of hydrogen-bond donors (Lipinski definition) is 0. The van der Waals surface area contributed by atoms with Gasteiger partial charge in [-0.15, -0.1) is 0 Å². The molecule has 1 heterocycles. The second kappa shape index (κ2) is 6.98. The summed E-state index contributed by atoms with van der Waals surface area (Å²) in [4.78, 5) is 2.02. The predicted molar refractivity (Wildman–Crippen MR) is 98.4 cm³/mol. The molecule has 0 amide bonds. The van der Waals surface area contributed by atoms with Crippen LogP contribution >= 0.6 is 15.9 Å². The first kappa shape index (κ1) is 17.2. The summed E-state index contributed by atoms with van der Waals surface area (Å²) in [6.07, 6.45) is 0. The highest BCUT2D eigenvalue weighted by Gasteiger charge is 2.26. The molecule has 0 bridgehead atoms. The third-order valence-corrected chi connectivity index (χ3v) is 5.74. The maximum Gasteiger partial charge on any atom is 0.163 e. The maximum atomic E-state index is 5.87. The fourth-order valence-corrected chi connectivity index (χ4v) is 3.05. The van der Waals surface area contributed by atoms with Crippen LogP contribution in [0.1, 0.15) is 5.56 Å². The molecular weight excluding hydrogens is 358 g/mol. The van der Waals surface area contributed by atoms with Crippen LogP contribution in [-0.2, 0) is 4.74 Å². The SMILES string of the molecule is C=C1N(C)N=C(c2ccc(Br)cc2)N1COCC[Si](C)(C)C. The Bertz CT molecular complexity index is 566. The molecule has 120 valence electrons. The molecule has 0 aliphatic carbocycles. The van der Waals surface area contributed by atoms with Gasteiger partial charge in [0.2, 0.25) is 0 Å². The largest absolute Gasteiger partial charge is 0.361 e. The lowest BCUT2D eigenvalue weighted by Crippen LogP contribution is -2.31. The Morgan fingerprint density at radius 3 is 2.45 bits per heavy atom. The number of benzene rings is 1. The fraction of sp³-hybridized carbons (Fsp3) is 0.438. The highest BCUT2D eigenvalue weighted by Crippen LogP contribution is 2.22. The highest BCUT2D eigenvalue weighted by atomic mass is 79.9. The molecular formula is C16H24BrN3OSi. The van der Waals surface area contributed by atoms with E-state index in [2.05, 4.69) is 47.3 Å². The third-order valence-electron chi connectivity index (χ3n) is 3.50. The molecule has 4 nitrogen and oxygen atoms in total. The van der Waals surface area contributed by atoms with Crippen LogP contribution in [0.3, 0.4) is 0 Å². The van der Waals surface area contributed by atoms with Crippen molar-refractivity contribution < 1.29 is 4.74 Å². The number of rotatable bonds is 6. The van der Waals surface area contributed by atoms with Gasteiger partial charge in [0.05, 0.1) is 0 Å². The fourth-order valence-electron chi connectivity index (χ4n) is 2.03. The van der Waals surface area contributed by atoms with E-state index in [9.17, 15) is 0 Å². The Hall–Kier alpha value is -1.11. The van der Waals surface area contributed by atoms with Gasteiger partial charge in [0.15, 0.2) is 5.84 Å². The molecule has 1 aliphatic rings. The van der Waals surface area contributed by atoms with Crippen LogP contribution in [0.5, 0.6) is 0 Å². The molecule has 0 spiro atoms. The zero-order valence-corrected chi connectivity index (χ0v) is 16.4. The normalized spacial score (nSPS) is 15.5. The Kier molecular flexibility index (Phi) is 5.47. The summed E-state index contributed by atoms with van der Waals surface area (Å²) in [5, 5.41) is 6.36. The van der Waals surface area contributed by atoms with E-state index in [1.54, 1.807) is 5.01 Å². The van der Waals surface area contributed by atoms with Crippen LogP contribution in [0.25, 0.3) is 0 Å². The maximum absolute atomic E-state index is 5.87. The molecule has 0 unspecified atom stereocenters. The second-order valence-corrected chi connectivity index (χ2v) is 13.2. The van der Waals surface area contributed by atoms with E-state index in [0.29, 0.717) is 6.73 Å². The highest BCUT2D eigenvalue weighted by molar-refractivity contribution is 9.10. The summed E-state index contributed by atoms with van der Waals surface area (Å²) in [5.74, 6) is 1.72. The summed E-state index contributed by atoms with van der Waals surface area (Å²) in [5.41, 5.74) is 1.06. The van der Waals surface area contributed by atoms with Crippen molar-refractivity contribution >= 4 is 29.8 Å². The van der Waals surface area contributed by atoms with Crippen molar-refractivity contribution in [3.05, 3.63) is 46.7 Å². The van der Waals surface area contributed by atoms with Crippen molar-refractivity contribution in [2.45, 2.75) is 25.7 Å². The van der Waals surface area contributed by atoms with Gasteiger partial charge in [-0.25, -0.2) is 0 Å². The van der Waals surface area contributed by atoms with Crippen molar-refractivity contribution in [3.8, 4) is 0 Å². The molecule has 0 fully saturated rings. The molecule has 0 radical (unpaired) electrons. The van der Waals surface area contributed by atoms with Gasteiger partial charge in [0.1, 0.15) is 12.6 Å². The van der Waals surface area contributed by atoms with Crippen molar-refractivity contribution in [2.75, 3.05) is 20.4 Å². The molecule has 0 aromatic heterocycles. The van der Waals surface area contributed by atoms with E-state index in [4.69, 9.17) is 4.74 Å². The number of halogens is 1. The van der Waals surface area contributed by atoms with Crippen LogP contribution in [-0.4, -0.2) is 44.2 Å². The Morgan fingerprint density at radius 2 is 1.86 bits per heavy atom. The standard InChI is InChI=1S/C16H24BrN3OSi/c1-13-19(2)18-16(14-6-8-15(17)9-7-14)20(13)12-21-10-11-22(3,4)5/h6-9H,1,10-12H2,2-5H3. The minimum Gasteiger partial charge on any atom is -0.361 e. The minimum atomic E-state index is -1.06. The van der Waals surface area contributed by atoms with Crippen molar-refractivity contribution in [1.29, 1.82) is 0 Å². The second-order valence-electron chi connectivity index (χ2n) is 6.65. The van der Waals surface area contributed by atoms with Gasteiger partial charge >= 0.3 is 0 Å². The third kappa shape index (κ3) is 4.44.